The molecule has 19 heavy (non-hydrogen) atoms. The third kappa shape index (κ3) is 2.64. The highest BCUT2D eigenvalue weighted by Crippen LogP contribution is 2.16. The van der Waals surface area contributed by atoms with Crippen molar-refractivity contribution in [3.63, 3.8) is 0 Å². The summed E-state index contributed by atoms with van der Waals surface area (Å²) >= 11 is 0. The topological polar surface area (TPSA) is 59.4 Å². The summed E-state index contributed by atoms with van der Waals surface area (Å²) < 4.78 is 7.41. The summed E-state index contributed by atoms with van der Waals surface area (Å²) in [6.45, 7) is 6.68. The molecule has 1 atom stereocenters. The van der Waals surface area contributed by atoms with E-state index in [1.165, 1.54) is 0 Å². The van der Waals surface area contributed by atoms with E-state index in [9.17, 15) is 4.79 Å². The molecule has 1 aromatic heterocycles. The molecule has 6 nitrogen and oxygen atoms in total. The quantitative estimate of drug-likeness (QED) is 0.813. The van der Waals surface area contributed by atoms with Crippen LogP contribution in [0.2, 0.25) is 0 Å². The van der Waals surface area contributed by atoms with Gasteiger partial charge in [-0.3, -0.25) is 4.79 Å². The maximum Gasteiger partial charge on any atom is 0.228 e. The van der Waals surface area contributed by atoms with E-state index >= 15 is 0 Å². The summed E-state index contributed by atoms with van der Waals surface area (Å²) in [5, 5.41) is 3.37. The van der Waals surface area contributed by atoms with E-state index < -0.39 is 0 Å². The fourth-order valence-corrected chi connectivity index (χ4v) is 2.67. The number of rotatable bonds is 2. The maximum atomic E-state index is 12.2. The smallest absolute Gasteiger partial charge is 0.228 e. The van der Waals surface area contributed by atoms with Crippen molar-refractivity contribution in [2.75, 3.05) is 32.8 Å². The van der Waals surface area contributed by atoms with Crippen LogP contribution < -0.4 is 5.32 Å². The zero-order valence-electron chi connectivity index (χ0n) is 11.3. The Morgan fingerprint density at radius 1 is 1.47 bits per heavy atom. The first-order valence-electron chi connectivity index (χ1n) is 6.89. The Morgan fingerprint density at radius 3 is 3.00 bits per heavy atom. The van der Waals surface area contributed by atoms with Crippen LogP contribution in [-0.2, 0) is 22.5 Å². The average molecular weight is 264 g/mol. The zero-order valence-corrected chi connectivity index (χ0v) is 11.3. The average Bonchev–Trinajstić information content (AvgIpc) is 2.84. The van der Waals surface area contributed by atoms with Crippen molar-refractivity contribution in [1.29, 1.82) is 0 Å². The number of imidazole rings is 1. The molecule has 2 aliphatic rings. The lowest BCUT2D eigenvalue weighted by molar-refractivity contribution is -0.134. The summed E-state index contributed by atoms with van der Waals surface area (Å²) in [7, 11) is 0. The van der Waals surface area contributed by atoms with Crippen LogP contribution in [0.15, 0.2) is 6.20 Å². The first kappa shape index (κ1) is 12.6. The highest BCUT2D eigenvalue weighted by molar-refractivity contribution is 5.78. The zero-order chi connectivity index (χ0) is 13.2. The molecule has 1 amide bonds. The predicted molar refractivity (Wildman–Crippen MR) is 69.7 cm³/mol. The van der Waals surface area contributed by atoms with Crippen LogP contribution in [0, 0.1) is 0 Å². The van der Waals surface area contributed by atoms with E-state index in [2.05, 4.69) is 21.8 Å². The number of carbonyl (C=O) groups excluding carboxylic acids is 1. The first-order valence-corrected chi connectivity index (χ1v) is 6.89. The molecule has 2 aliphatic heterocycles. The Morgan fingerprint density at radius 2 is 2.26 bits per heavy atom. The van der Waals surface area contributed by atoms with E-state index in [0.29, 0.717) is 32.7 Å². The number of amides is 1. The van der Waals surface area contributed by atoms with Crippen LogP contribution in [0.5, 0.6) is 0 Å². The molecule has 0 saturated carbocycles. The summed E-state index contributed by atoms with van der Waals surface area (Å²) in [5.41, 5.74) is 0.877. The summed E-state index contributed by atoms with van der Waals surface area (Å²) in [6, 6.07) is 0.265. The van der Waals surface area contributed by atoms with Gasteiger partial charge in [0, 0.05) is 32.4 Å². The third-order valence-electron chi connectivity index (χ3n) is 3.74. The third-order valence-corrected chi connectivity index (χ3v) is 3.74. The summed E-state index contributed by atoms with van der Waals surface area (Å²) in [4.78, 5) is 18.6. The molecule has 1 fully saturated rings. The van der Waals surface area contributed by atoms with Gasteiger partial charge in [-0.2, -0.15) is 0 Å². The van der Waals surface area contributed by atoms with Crippen LogP contribution in [0.3, 0.4) is 0 Å². The minimum absolute atomic E-state index is 0.152. The number of hydrogen-bond donors (Lipinski definition) is 1. The van der Waals surface area contributed by atoms with E-state index in [1.54, 1.807) is 0 Å². The van der Waals surface area contributed by atoms with Gasteiger partial charge in [0.1, 0.15) is 5.82 Å². The Labute approximate surface area is 112 Å². The Balaban J connectivity index is 1.68. The number of nitrogens with one attached hydrogen (secondary N) is 1. The number of hydrogen-bond acceptors (Lipinski definition) is 4. The number of aromatic nitrogens is 2. The molecule has 0 spiro atoms. The molecular weight excluding hydrogens is 244 g/mol. The van der Waals surface area contributed by atoms with Crippen molar-refractivity contribution >= 4 is 5.91 Å². The normalized spacial score (nSPS) is 23.2. The van der Waals surface area contributed by atoms with Crippen LogP contribution in [0.25, 0.3) is 0 Å². The Kier molecular flexibility index (Phi) is 3.52. The number of nitrogens with zero attached hydrogens (tertiary/aromatic N) is 3. The van der Waals surface area contributed by atoms with Crippen molar-refractivity contribution in [3.8, 4) is 0 Å². The molecular formula is C13H20N4O2. The lowest BCUT2D eigenvalue weighted by Gasteiger charge is -2.26. The highest BCUT2D eigenvalue weighted by Gasteiger charge is 2.22. The van der Waals surface area contributed by atoms with Gasteiger partial charge in [0.15, 0.2) is 0 Å². The lowest BCUT2D eigenvalue weighted by atomic mass is 10.2. The maximum absolute atomic E-state index is 12.2. The van der Waals surface area contributed by atoms with Crippen molar-refractivity contribution < 1.29 is 9.53 Å². The van der Waals surface area contributed by atoms with Crippen LogP contribution >= 0.6 is 0 Å². The van der Waals surface area contributed by atoms with Crippen molar-refractivity contribution in [2.24, 2.45) is 0 Å². The molecule has 6 heteroatoms. The van der Waals surface area contributed by atoms with E-state index in [-0.39, 0.29) is 11.9 Å². The monoisotopic (exact) mass is 264 g/mol. The second kappa shape index (κ2) is 5.30. The standard InChI is InChI=1S/C13H20N4O2/c1-10-13-15-11(9-17(13)3-2-14-10)8-12(18)16-4-6-19-7-5-16/h9-10,14H,2-8H2,1H3/t10-/m1/s1. The second-order valence-electron chi connectivity index (χ2n) is 5.13. The van der Waals surface area contributed by atoms with Gasteiger partial charge in [0.2, 0.25) is 5.91 Å². The SMILES string of the molecule is C[C@H]1NCCn2cc(CC(=O)N3CCOCC3)nc21. The van der Waals surface area contributed by atoms with Gasteiger partial charge in [-0.15, -0.1) is 0 Å². The number of fused-ring (bicyclic) bond motifs is 1. The van der Waals surface area contributed by atoms with Crippen molar-refractivity contribution in [1.82, 2.24) is 19.8 Å². The molecule has 1 N–H and O–H groups in total. The van der Waals surface area contributed by atoms with Gasteiger partial charge < -0.3 is 19.5 Å². The van der Waals surface area contributed by atoms with Gasteiger partial charge in [0.05, 0.1) is 31.4 Å². The number of morpholine rings is 1. The molecule has 0 aliphatic carbocycles. The van der Waals surface area contributed by atoms with Crippen molar-refractivity contribution in [2.45, 2.75) is 25.9 Å². The van der Waals surface area contributed by atoms with Gasteiger partial charge in [-0.25, -0.2) is 4.98 Å². The molecule has 0 bridgehead atoms. The van der Waals surface area contributed by atoms with Crippen LogP contribution in [0.1, 0.15) is 24.5 Å². The summed E-state index contributed by atoms with van der Waals surface area (Å²) in [5.74, 6) is 1.19. The van der Waals surface area contributed by atoms with Crippen molar-refractivity contribution in [3.05, 3.63) is 17.7 Å². The predicted octanol–water partition coefficient (Wildman–Crippen LogP) is -0.0514. The molecule has 1 saturated heterocycles. The second-order valence-corrected chi connectivity index (χ2v) is 5.13. The van der Waals surface area contributed by atoms with E-state index in [1.807, 2.05) is 11.1 Å². The highest BCUT2D eigenvalue weighted by atomic mass is 16.5. The largest absolute Gasteiger partial charge is 0.378 e. The molecule has 0 radical (unpaired) electrons. The van der Waals surface area contributed by atoms with Crippen LogP contribution in [0.4, 0.5) is 0 Å². The van der Waals surface area contributed by atoms with E-state index in [4.69, 9.17) is 4.74 Å². The van der Waals surface area contributed by atoms with Gasteiger partial charge in [-0.1, -0.05) is 0 Å². The Hall–Kier alpha value is -1.40. The fraction of sp³-hybridized carbons (Fsp3) is 0.692. The molecule has 1 aromatic rings. The number of ether oxygens (including phenoxy) is 1. The first-order chi connectivity index (χ1) is 9.24. The minimum atomic E-state index is 0.152. The molecule has 0 unspecified atom stereocenters. The molecule has 3 heterocycles. The van der Waals surface area contributed by atoms with E-state index in [0.717, 1.165) is 24.6 Å². The van der Waals surface area contributed by atoms with Gasteiger partial charge in [-0.05, 0) is 6.92 Å². The van der Waals surface area contributed by atoms with Gasteiger partial charge >= 0.3 is 0 Å². The lowest BCUT2D eigenvalue weighted by Crippen LogP contribution is -2.41. The van der Waals surface area contributed by atoms with Gasteiger partial charge in [0.25, 0.3) is 0 Å². The fourth-order valence-electron chi connectivity index (χ4n) is 2.67. The Bertz CT molecular complexity index is 465. The number of carbonyl (C=O) groups is 1. The minimum Gasteiger partial charge on any atom is -0.378 e. The molecule has 3 rings (SSSR count). The van der Waals surface area contributed by atoms with Crippen LogP contribution in [-0.4, -0.2) is 53.2 Å². The molecule has 0 aromatic carbocycles. The summed E-state index contributed by atoms with van der Waals surface area (Å²) in [6.07, 6.45) is 2.41. The molecule has 104 valence electrons.